The molecule has 0 saturated carbocycles. The molecule has 2 N–H and O–H groups in total. The third-order valence-electron chi connectivity index (χ3n) is 4.89. The Morgan fingerprint density at radius 3 is 2.53 bits per heavy atom. The molecule has 1 unspecified atom stereocenters. The number of hydrazone groups is 1. The zero-order valence-corrected chi connectivity index (χ0v) is 23.8. The van der Waals surface area contributed by atoms with Gasteiger partial charge in [-0.2, -0.15) is 5.10 Å². The highest BCUT2D eigenvalue weighted by atomic mass is 79.9. The van der Waals surface area contributed by atoms with Crippen LogP contribution < -0.4 is 20.2 Å². The Hall–Kier alpha value is -2.59. The maximum atomic E-state index is 12.4. The van der Waals surface area contributed by atoms with Crippen molar-refractivity contribution in [3.05, 3.63) is 90.3 Å². The second-order valence-corrected chi connectivity index (χ2v) is 10.0. The fraction of sp³-hybridized carbons (Fsp3) is 0.160. The smallest absolute Gasteiger partial charge is 0.262 e. The summed E-state index contributed by atoms with van der Waals surface area (Å²) in [7, 11) is 1.52. The maximum Gasteiger partial charge on any atom is 0.262 e. The third kappa shape index (κ3) is 7.46. The normalized spacial score (nSPS) is 11.7. The van der Waals surface area contributed by atoms with Gasteiger partial charge in [-0.25, -0.2) is 5.43 Å². The first-order valence-corrected chi connectivity index (χ1v) is 12.9. The molecule has 0 aliphatic heterocycles. The van der Waals surface area contributed by atoms with Crippen LogP contribution in [0.15, 0.2) is 68.6 Å². The van der Waals surface area contributed by atoms with Crippen LogP contribution in [0.1, 0.15) is 28.4 Å². The van der Waals surface area contributed by atoms with E-state index in [4.69, 9.17) is 32.7 Å². The van der Waals surface area contributed by atoms with Crippen molar-refractivity contribution < 1.29 is 19.1 Å². The van der Waals surface area contributed by atoms with E-state index in [1.54, 1.807) is 61.5 Å². The van der Waals surface area contributed by atoms with Crippen molar-refractivity contribution >= 4 is 73.1 Å². The van der Waals surface area contributed by atoms with Gasteiger partial charge in [0.1, 0.15) is 12.6 Å². The fourth-order valence-corrected chi connectivity index (χ4v) is 4.50. The lowest BCUT2D eigenvalue weighted by molar-refractivity contribution is -0.122. The standard InChI is InChI=1S/C25H21Br2Cl2N3O4/c1-14(31-25(34)18-5-3-4-6-19(18)26)24(33)32-30-12-15-9-20(27)23(22(10-15)35-2)36-13-16-7-8-17(28)11-21(16)29/h3-12,14H,13H2,1-2H3,(H,31,34)(H,32,33). The van der Waals surface area contributed by atoms with Crippen LogP contribution in [0.3, 0.4) is 0 Å². The first-order chi connectivity index (χ1) is 17.2. The van der Waals surface area contributed by atoms with Crippen LogP contribution in [0.4, 0.5) is 0 Å². The SMILES string of the molecule is COc1cc(C=NNC(=O)C(C)NC(=O)c2ccccc2Br)cc(Br)c1OCc1ccc(Cl)cc1Cl. The van der Waals surface area contributed by atoms with Crippen LogP contribution in [-0.4, -0.2) is 31.2 Å². The molecule has 11 heteroatoms. The van der Waals surface area contributed by atoms with E-state index in [1.807, 2.05) is 0 Å². The number of rotatable bonds is 9. The number of halogens is 4. The van der Waals surface area contributed by atoms with Gasteiger partial charge in [0.05, 0.1) is 23.4 Å². The minimum absolute atomic E-state index is 0.206. The highest BCUT2D eigenvalue weighted by Gasteiger charge is 2.18. The number of methoxy groups -OCH3 is 1. The first-order valence-electron chi connectivity index (χ1n) is 10.5. The van der Waals surface area contributed by atoms with Gasteiger partial charge in [0.15, 0.2) is 11.5 Å². The van der Waals surface area contributed by atoms with Gasteiger partial charge in [0.2, 0.25) is 0 Å². The topological polar surface area (TPSA) is 89.0 Å². The van der Waals surface area contributed by atoms with Crippen LogP contribution in [0, 0.1) is 0 Å². The summed E-state index contributed by atoms with van der Waals surface area (Å²) >= 11 is 19.0. The number of ether oxygens (including phenoxy) is 2. The number of nitrogens with one attached hydrogen (secondary N) is 2. The Bertz CT molecular complexity index is 1300. The minimum atomic E-state index is -0.807. The number of carbonyl (C=O) groups is 2. The second-order valence-electron chi connectivity index (χ2n) is 7.47. The first kappa shape index (κ1) is 28.0. The van der Waals surface area contributed by atoms with Gasteiger partial charge in [0.25, 0.3) is 11.8 Å². The zero-order chi connectivity index (χ0) is 26.2. The van der Waals surface area contributed by atoms with E-state index in [-0.39, 0.29) is 12.5 Å². The summed E-state index contributed by atoms with van der Waals surface area (Å²) in [6, 6.07) is 14.8. The van der Waals surface area contributed by atoms with Gasteiger partial charge >= 0.3 is 0 Å². The molecule has 0 aliphatic carbocycles. The van der Waals surface area contributed by atoms with Gasteiger partial charge in [-0.05, 0) is 80.7 Å². The molecule has 0 aliphatic rings. The molecule has 2 amide bonds. The van der Waals surface area contributed by atoms with Crippen molar-refractivity contribution in [2.75, 3.05) is 7.11 Å². The monoisotopic (exact) mass is 655 g/mol. The zero-order valence-electron chi connectivity index (χ0n) is 19.2. The lowest BCUT2D eigenvalue weighted by atomic mass is 10.2. The Morgan fingerprint density at radius 1 is 1.08 bits per heavy atom. The molecule has 0 saturated heterocycles. The van der Waals surface area contributed by atoms with E-state index in [0.717, 1.165) is 5.56 Å². The van der Waals surface area contributed by atoms with Crippen LogP contribution in [0.25, 0.3) is 0 Å². The molecular weight excluding hydrogens is 637 g/mol. The lowest BCUT2D eigenvalue weighted by Gasteiger charge is -2.14. The van der Waals surface area contributed by atoms with E-state index in [9.17, 15) is 9.59 Å². The molecule has 0 radical (unpaired) electrons. The number of amides is 2. The maximum absolute atomic E-state index is 12.4. The van der Waals surface area contributed by atoms with Gasteiger partial charge < -0.3 is 14.8 Å². The summed E-state index contributed by atoms with van der Waals surface area (Å²) < 4.78 is 12.6. The van der Waals surface area contributed by atoms with Crippen molar-refractivity contribution in [1.82, 2.24) is 10.7 Å². The molecule has 7 nitrogen and oxygen atoms in total. The average Bonchev–Trinajstić information content (AvgIpc) is 2.84. The molecule has 36 heavy (non-hydrogen) atoms. The summed E-state index contributed by atoms with van der Waals surface area (Å²) in [5, 5.41) is 7.67. The lowest BCUT2D eigenvalue weighted by Crippen LogP contribution is -2.43. The van der Waals surface area contributed by atoms with Crippen LogP contribution in [0.5, 0.6) is 11.5 Å². The van der Waals surface area contributed by atoms with E-state index in [1.165, 1.54) is 13.3 Å². The summed E-state index contributed by atoms with van der Waals surface area (Å²) in [6.07, 6.45) is 1.45. The van der Waals surface area contributed by atoms with Crippen molar-refractivity contribution in [3.8, 4) is 11.5 Å². The second kappa shape index (κ2) is 13.1. The number of nitrogens with zero attached hydrogens (tertiary/aromatic N) is 1. The molecule has 0 heterocycles. The summed E-state index contributed by atoms with van der Waals surface area (Å²) in [5.41, 5.74) is 4.26. The Labute approximate surface area is 235 Å². The van der Waals surface area contributed by atoms with E-state index >= 15 is 0 Å². The quantitative estimate of drug-likeness (QED) is 0.207. The predicted octanol–water partition coefficient (Wildman–Crippen LogP) is 6.37. The van der Waals surface area contributed by atoms with Crippen molar-refractivity contribution in [3.63, 3.8) is 0 Å². The molecule has 3 aromatic rings. The molecule has 188 valence electrons. The Morgan fingerprint density at radius 2 is 1.83 bits per heavy atom. The van der Waals surface area contributed by atoms with E-state index in [2.05, 4.69) is 47.7 Å². The van der Waals surface area contributed by atoms with Crippen molar-refractivity contribution in [2.24, 2.45) is 5.10 Å². The highest BCUT2D eigenvalue weighted by molar-refractivity contribution is 9.10. The number of hydrogen-bond donors (Lipinski definition) is 2. The molecule has 0 aromatic heterocycles. The van der Waals surface area contributed by atoms with Gasteiger partial charge in [-0.15, -0.1) is 0 Å². The molecule has 0 bridgehead atoms. The van der Waals surface area contributed by atoms with E-state index < -0.39 is 11.9 Å². The van der Waals surface area contributed by atoms with Gasteiger partial charge in [-0.1, -0.05) is 41.4 Å². The largest absolute Gasteiger partial charge is 0.493 e. The van der Waals surface area contributed by atoms with Crippen LogP contribution in [-0.2, 0) is 11.4 Å². The fourth-order valence-electron chi connectivity index (χ4n) is 3.00. The van der Waals surface area contributed by atoms with E-state index in [0.29, 0.717) is 41.6 Å². The van der Waals surface area contributed by atoms with Crippen LogP contribution in [0.2, 0.25) is 10.0 Å². The molecular formula is C25H21Br2Cl2N3O4. The Kier molecular flexibility index (Phi) is 10.2. The summed E-state index contributed by atoms with van der Waals surface area (Å²) in [4.78, 5) is 24.8. The number of hydrogen-bond acceptors (Lipinski definition) is 5. The van der Waals surface area contributed by atoms with Crippen molar-refractivity contribution in [2.45, 2.75) is 19.6 Å². The average molecular weight is 658 g/mol. The molecule has 0 spiro atoms. The summed E-state index contributed by atoms with van der Waals surface area (Å²) in [6.45, 7) is 1.77. The number of benzene rings is 3. The third-order valence-corrected chi connectivity index (χ3v) is 6.75. The Balaban J connectivity index is 1.62. The minimum Gasteiger partial charge on any atom is -0.493 e. The molecule has 3 aromatic carbocycles. The molecule has 3 rings (SSSR count). The van der Waals surface area contributed by atoms with Gasteiger partial charge in [0, 0.05) is 20.1 Å². The number of carbonyl (C=O) groups excluding carboxylic acids is 2. The van der Waals surface area contributed by atoms with Crippen molar-refractivity contribution in [1.29, 1.82) is 0 Å². The molecule has 1 atom stereocenters. The predicted molar refractivity (Wildman–Crippen MR) is 148 cm³/mol. The molecule has 0 fully saturated rings. The van der Waals surface area contributed by atoms with Crippen LogP contribution >= 0.6 is 55.1 Å². The van der Waals surface area contributed by atoms with Gasteiger partial charge in [-0.3, -0.25) is 9.59 Å². The summed E-state index contributed by atoms with van der Waals surface area (Å²) in [5.74, 6) is 0.0835. The highest BCUT2D eigenvalue weighted by Crippen LogP contribution is 2.37.